The fourth-order valence-corrected chi connectivity index (χ4v) is 12.3. The number of fused-ring (bicyclic) bond motifs is 6. The molecule has 15 aromatic rings. The summed E-state index contributed by atoms with van der Waals surface area (Å²) in [5.41, 5.74) is 25.8. The van der Waals surface area contributed by atoms with Crippen molar-refractivity contribution in [3.05, 3.63) is 315 Å². The Hall–Kier alpha value is -10.5. The standard InChI is InChI=1S/C78H52N2/c1-7-22-53(23-8-1)61-42-43-69-73-51-72-68-36-19-20-37-74(68)79(66-33-17-6-18-34-66)76(72)52-77(73)80(75(69)50-61)67-35-21-32-60(47-67)65-48-70(57-28-13-4-14-29-57)78(71(49-65)58-30-15-5-16-31-58)59-40-38-56(39-41-59)64-45-62(54-24-9-2-10-25-54)44-63(46-64)55-26-11-3-12-27-55/h1-52H. The predicted octanol–water partition coefficient (Wildman–Crippen LogP) is 21.2. The van der Waals surface area contributed by atoms with Crippen molar-refractivity contribution < 1.29 is 0 Å². The average molecular weight is 1020 g/mol. The van der Waals surface area contributed by atoms with E-state index in [4.69, 9.17) is 0 Å². The molecular weight excluding hydrogens is 965 g/mol. The molecule has 0 bridgehead atoms. The van der Waals surface area contributed by atoms with E-state index in [9.17, 15) is 0 Å². The third kappa shape index (κ3) is 8.30. The molecule has 13 aromatic carbocycles. The smallest absolute Gasteiger partial charge is 0.0562 e. The summed E-state index contributed by atoms with van der Waals surface area (Å²) < 4.78 is 4.92. The third-order valence-corrected chi connectivity index (χ3v) is 16.1. The SMILES string of the molecule is c1ccc(-c2cc(-c3ccccc3)cc(-c3ccc(-c4c(-c5ccccc5)cc(-c5cccc(-n6c7cc(-c8ccccc8)ccc7c7cc8c9ccccc9n(-c9ccccc9)c8cc76)c5)cc4-c4ccccc4)cc3)c2)cc1. The molecule has 374 valence electrons. The molecule has 2 nitrogen and oxygen atoms in total. The molecule has 0 aliphatic rings. The number of aromatic nitrogens is 2. The van der Waals surface area contributed by atoms with Gasteiger partial charge in [0.25, 0.3) is 0 Å². The van der Waals surface area contributed by atoms with Gasteiger partial charge in [0.1, 0.15) is 0 Å². The first-order valence-electron chi connectivity index (χ1n) is 27.6. The van der Waals surface area contributed by atoms with Gasteiger partial charge >= 0.3 is 0 Å². The van der Waals surface area contributed by atoms with Crippen LogP contribution in [0.2, 0.25) is 0 Å². The fraction of sp³-hybridized carbons (Fsp3) is 0. The van der Waals surface area contributed by atoms with E-state index in [0.717, 1.165) is 33.6 Å². The molecule has 0 N–H and O–H groups in total. The zero-order valence-electron chi connectivity index (χ0n) is 43.9. The summed E-state index contributed by atoms with van der Waals surface area (Å²) in [7, 11) is 0. The fourth-order valence-electron chi connectivity index (χ4n) is 12.3. The number of hydrogen-bond donors (Lipinski definition) is 0. The van der Waals surface area contributed by atoms with Gasteiger partial charge in [-0.2, -0.15) is 0 Å². The van der Waals surface area contributed by atoms with E-state index in [1.54, 1.807) is 0 Å². The van der Waals surface area contributed by atoms with Crippen LogP contribution in [0.3, 0.4) is 0 Å². The topological polar surface area (TPSA) is 9.86 Å². The molecule has 0 amide bonds. The Balaban J connectivity index is 0.921. The minimum Gasteiger partial charge on any atom is -0.309 e. The number of benzene rings is 13. The Bertz CT molecular complexity index is 4630. The van der Waals surface area contributed by atoms with Gasteiger partial charge in [0.05, 0.1) is 22.1 Å². The van der Waals surface area contributed by atoms with Gasteiger partial charge in [-0.1, -0.05) is 237 Å². The number of rotatable bonds is 10. The molecule has 0 unspecified atom stereocenters. The van der Waals surface area contributed by atoms with E-state index in [1.165, 1.54) is 110 Å². The summed E-state index contributed by atoms with van der Waals surface area (Å²) in [6.07, 6.45) is 0. The lowest BCUT2D eigenvalue weighted by molar-refractivity contribution is 1.16. The van der Waals surface area contributed by atoms with Crippen LogP contribution in [-0.4, -0.2) is 9.13 Å². The molecule has 0 spiro atoms. The molecule has 80 heavy (non-hydrogen) atoms. The van der Waals surface area contributed by atoms with Crippen molar-refractivity contribution in [2.75, 3.05) is 0 Å². The van der Waals surface area contributed by atoms with E-state index in [1.807, 2.05) is 0 Å². The highest BCUT2D eigenvalue weighted by Gasteiger charge is 2.22. The van der Waals surface area contributed by atoms with Crippen LogP contribution in [0.1, 0.15) is 0 Å². The van der Waals surface area contributed by atoms with Gasteiger partial charge in [-0.15, -0.1) is 0 Å². The maximum atomic E-state index is 2.50. The molecule has 0 saturated heterocycles. The van der Waals surface area contributed by atoms with Crippen LogP contribution in [-0.2, 0) is 0 Å². The molecule has 0 radical (unpaired) electrons. The summed E-state index contributed by atoms with van der Waals surface area (Å²) in [5, 5.41) is 4.92. The summed E-state index contributed by atoms with van der Waals surface area (Å²) in [6.45, 7) is 0. The molecule has 0 atom stereocenters. The monoisotopic (exact) mass is 1020 g/mol. The molecule has 15 rings (SSSR count). The Morgan fingerprint density at radius 3 is 1.07 bits per heavy atom. The lowest BCUT2D eigenvalue weighted by atomic mass is 9.84. The minimum absolute atomic E-state index is 1.10. The quantitative estimate of drug-likeness (QED) is 0.129. The molecule has 2 heterocycles. The molecule has 0 saturated carbocycles. The van der Waals surface area contributed by atoms with Gasteiger partial charge < -0.3 is 9.13 Å². The minimum atomic E-state index is 1.10. The van der Waals surface area contributed by atoms with Crippen molar-refractivity contribution in [1.29, 1.82) is 0 Å². The lowest BCUT2D eigenvalue weighted by Gasteiger charge is -2.20. The highest BCUT2D eigenvalue weighted by atomic mass is 15.0. The normalized spacial score (nSPS) is 11.5. The lowest BCUT2D eigenvalue weighted by Crippen LogP contribution is -1.97. The molecule has 0 aliphatic carbocycles. The maximum absolute atomic E-state index is 2.50. The van der Waals surface area contributed by atoms with Crippen LogP contribution in [0.4, 0.5) is 0 Å². The van der Waals surface area contributed by atoms with E-state index in [0.29, 0.717) is 0 Å². The zero-order valence-corrected chi connectivity index (χ0v) is 43.9. The predicted molar refractivity (Wildman–Crippen MR) is 339 cm³/mol. The van der Waals surface area contributed by atoms with E-state index >= 15 is 0 Å². The van der Waals surface area contributed by atoms with Crippen molar-refractivity contribution in [2.45, 2.75) is 0 Å². The van der Waals surface area contributed by atoms with E-state index in [-0.39, 0.29) is 0 Å². The molecule has 0 fully saturated rings. The Kier molecular flexibility index (Phi) is 11.6. The van der Waals surface area contributed by atoms with E-state index in [2.05, 4.69) is 325 Å². The second-order valence-electron chi connectivity index (χ2n) is 20.8. The average Bonchev–Trinajstić information content (AvgIpc) is 4.27. The van der Waals surface area contributed by atoms with Crippen molar-refractivity contribution >= 4 is 43.6 Å². The molecule has 2 aromatic heterocycles. The Labute approximate surface area is 466 Å². The van der Waals surface area contributed by atoms with Crippen LogP contribution < -0.4 is 0 Å². The summed E-state index contributed by atoms with van der Waals surface area (Å²) in [5.74, 6) is 0. The van der Waals surface area contributed by atoms with Crippen molar-refractivity contribution in [3.63, 3.8) is 0 Å². The van der Waals surface area contributed by atoms with Gasteiger partial charge in [0.15, 0.2) is 0 Å². The first-order chi connectivity index (χ1) is 39.7. The summed E-state index contributed by atoms with van der Waals surface area (Å²) >= 11 is 0. The van der Waals surface area contributed by atoms with Crippen LogP contribution in [0.25, 0.3) is 144 Å². The maximum Gasteiger partial charge on any atom is 0.0562 e. The van der Waals surface area contributed by atoms with Gasteiger partial charge in [-0.3, -0.25) is 0 Å². The first kappa shape index (κ1) is 46.7. The molecular formula is C78H52N2. The van der Waals surface area contributed by atoms with Crippen LogP contribution >= 0.6 is 0 Å². The van der Waals surface area contributed by atoms with Crippen molar-refractivity contribution in [2.24, 2.45) is 0 Å². The van der Waals surface area contributed by atoms with Gasteiger partial charge in [0, 0.05) is 32.9 Å². The zero-order chi connectivity index (χ0) is 52.9. The van der Waals surface area contributed by atoms with Crippen LogP contribution in [0.5, 0.6) is 0 Å². The Morgan fingerprint density at radius 1 is 0.163 bits per heavy atom. The van der Waals surface area contributed by atoms with Crippen molar-refractivity contribution in [1.82, 2.24) is 9.13 Å². The third-order valence-electron chi connectivity index (χ3n) is 16.1. The van der Waals surface area contributed by atoms with Crippen LogP contribution in [0, 0.1) is 0 Å². The summed E-state index contributed by atoms with van der Waals surface area (Å²) in [4.78, 5) is 0. The Morgan fingerprint density at radius 2 is 0.525 bits per heavy atom. The summed E-state index contributed by atoms with van der Waals surface area (Å²) in [6, 6.07) is 116. The number of para-hydroxylation sites is 2. The highest BCUT2D eigenvalue weighted by Crippen LogP contribution is 2.46. The van der Waals surface area contributed by atoms with Crippen LogP contribution in [0.15, 0.2) is 315 Å². The van der Waals surface area contributed by atoms with E-state index < -0.39 is 0 Å². The van der Waals surface area contributed by atoms with Gasteiger partial charge in [-0.05, 0) is 168 Å². The largest absolute Gasteiger partial charge is 0.309 e. The number of nitrogens with zero attached hydrogens (tertiary/aromatic N) is 2. The second-order valence-corrected chi connectivity index (χ2v) is 20.8. The highest BCUT2D eigenvalue weighted by molar-refractivity contribution is 6.19. The molecule has 2 heteroatoms. The molecule has 0 aliphatic heterocycles. The number of hydrogen-bond acceptors (Lipinski definition) is 0. The van der Waals surface area contributed by atoms with Gasteiger partial charge in [0.2, 0.25) is 0 Å². The van der Waals surface area contributed by atoms with Gasteiger partial charge in [-0.25, -0.2) is 0 Å². The van der Waals surface area contributed by atoms with Crippen molar-refractivity contribution in [3.8, 4) is 100 Å². The first-order valence-corrected chi connectivity index (χ1v) is 27.6. The second kappa shape index (κ2) is 19.8.